The van der Waals surface area contributed by atoms with Gasteiger partial charge in [0.25, 0.3) is 0 Å². The largest absolute Gasteiger partial charge is 2.00 e. The van der Waals surface area contributed by atoms with E-state index in [-0.39, 0.29) is 19.5 Å². The summed E-state index contributed by atoms with van der Waals surface area (Å²) in [6.45, 7) is 0. The number of hydrogen-bond acceptors (Lipinski definition) is 10. The minimum Gasteiger partial charge on any atom is -0.759 e. The first-order valence-electron chi connectivity index (χ1n) is 9.54. The Morgan fingerprint density at radius 2 is 0.583 bits per heavy atom. The van der Waals surface area contributed by atoms with Gasteiger partial charge in [-0.2, -0.15) is 0 Å². The maximum Gasteiger partial charge on any atom is 2.00 e. The maximum absolute atomic E-state index is 8.52. The molecule has 0 atom stereocenters. The van der Waals surface area contributed by atoms with Gasteiger partial charge < -0.3 is 39.0 Å². The van der Waals surface area contributed by atoms with Gasteiger partial charge in [-0.3, -0.25) is 8.42 Å². The van der Waals surface area contributed by atoms with Crippen LogP contribution in [-0.4, -0.2) is 77.3 Å². The van der Waals surface area contributed by atoms with Gasteiger partial charge in [-0.1, -0.05) is 0 Å². The van der Waals surface area contributed by atoms with Crippen LogP contribution in [0, 0.1) is 0 Å². The second kappa shape index (κ2) is 14.2. The Morgan fingerprint density at radius 3 is 0.667 bits per heavy atom. The van der Waals surface area contributed by atoms with E-state index >= 15 is 0 Å². The molecular weight excluding hydrogens is 546 g/mol. The van der Waals surface area contributed by atoms with Gasteiger partial charge in [0, 0.05) is 84.8 Å². The zero-order valence-electron chi connectivity index (χ0n) is 18.4. The Kier molecular flexibility index (Phi) is 11.1. The topological polar surface area (TPSA) is 252 Å². The molecule has 18 heteroatoms. The van der Waals surface area contributed by atoms with Crippen LogP contribution in [0.4, 0.5) is 0 Å². The molecule has 0 aliphatic rings. The molecule has 6 rings (SSSR count). The van der Waals surface area contributed by atoms with Crippen LogP contribution in [-0.2, 0) is 29.9 Å². The van der Waals surface area contributed by atoms with Gasteiger partial charge in [0.2, 0.25) is 0 Å². The average molecular weight is 564 g/mol. The molecule has 0 bridgehead atoms. The molecule has 6 aromatic heterocycles. The summed E-state index contributed by atoms with van der Waals surface area (Å²) in [5, 5.41) is 0. The van der Waals surface area contributed by atoms with Crippen molar-refractivity contribution in [2.45, 2.75) is 0 Å². The van der Waals surface area contributed by atoms with Gasteiger partial charge in [0.15, 0.2) is 34.9 Å². The molecule has 0 radical (unpaired) electrons. The van der Waals surface area contributed by atoms with Crippen molar-refractivity contribution in [3.05, 3.63) is 74.4 Å². The third-order valence-corrected chi connectivity index (χ3v) is 3.66. The van der Waals surface area contributed by atoms with E-state index in [2.05, 4.69) is 59.8 Å². The summed E-state index contributed by atoms with van der Waals surface area (Å²) in [6, 6.07) is 0. The average Bonchev–Trinajstić information content (AvgIpc) is 3.70. The summed E-state index contributed by atoms with van der Waals surface area (Å²) in [6.07, 6.45) is 20.7. The van der Waals surface area contributed by atoms with Crippen molar-refractivity contribution in [2.75, 3.05) is 0 Å². The molecule has 0 unspecified atom stereocenters. The van der Waals surface area contributed by atoms with Gasteiger partial charge in [-0.25, -0.2) is 29.9 Å². The molecule has 16 nitrogen and oxygen atoms in total. The second-order valence-corrected chi connectivity index (χ2v) is 6.85. The Hall–Kier alpha value is -4.25. The van der Waals surface area contributed by atoms with E-state index in [1.54, 1.807) is 74.4 Å². The number of aromatic amines is 6. The second-order valence-electron chi connectivity index (χ2n) is 6.03. The number of imidazole rings is 6. The number of rotatable bonds is 3. The van der Waals surface area contributed by atoms with Crippen molar-refractivity contribution in [3.63, 3.8) is 0 Å². The first-order valence-corrected chi connectivity index (χ1v) is 10.9. The molecule has 0 saturated heterocycles. The summed E-state index contributed by atoms with van der Waals surface area (Å²) < 4.78 is 34.1. The van der Waals surface area contributed by atoms with Gasteiger partial charge in [-0.15, -0.1) is 0 Å². The molecule has 0 aliphatic heterocycles. The first-order chi connectivity index (χ1) is 16.9. The molecule has 6 heterocycles. The molecule has 0 saturated carbocycles. The number of nitrogens with one attached hydrogen (secondary N) is 6. The van der Waals surface area contributed by atoms with Crippen molar-refractivity contribution in [2.24, 2.45) is 0 Å². The molecule has 0 fully saturated rings. The van der Waals surface area contributed by atoms with E-state index in [9.17, 15) is 0 Å². The Bertz CT molecular complexity index is 1140. The fourth-order valence-electron chi connectivity index (χ4n) is 2.37. The third-order valence-electron chi connectivity index (χ3n) is 3.66. The summed E-state index contributed by atoms with van der Waals surface area (Å²) in [7, 11) is -5.17. The Labute approximate surface area is 216 Å². The molecule has 36 heavy (non-hydrogen) atoms. The molecule has 0 spiro atoms. The van der Waals surface area contributed by atoms with Crippen LogP contribution >= 0.6 is 0 Å². The van der Waals surface area contributed by atoms with Crippen LogP contribution < -0.4 is 0 Å². The quantitative estimate of drug-likeness (QED) is 0.101. The van der Waals surface area contributed by atoms with Crippen LogP contribution in [0.25, 0.3) is 34.9 Å². The summed E-state index contributed by atoms with van der Waals surface area (Å²) in [4.78, 5) is 41.7. The fraction of sp³-hybridized carbons (Fsp3) is 0. The van der Waals surface area contributed by atoms with E-state index in [0.717, 1.165) is 34.9 Å². The smallest absolute Gasteiger partial charge is 0.759 e. The zero-order valence-corrected chi connectivity index (χ0v) is 22.1. The van der Waals surface area contributed by atoms with Gasteiger partial charge in [0.05, 0.1) is 0 Å². The van der Waals surface area contributed by atoms with E-state index in [1.807, 2.05) is 0 Å². The fourth-order valence-corrected chi connectivity index (χ4v) is 2.37. The first kappa shape index (κ1) is 28.0. The van der Waals surface area contributed by atoms with Gasteiger partial charge in [0.1, 0.15) is 0 Å². The van der Waals surface area contributed by atoms with Crippen LogP contribution in [0.5, 0.6) is 0 Å². The Morgan fingerprint density at radius 1 is 0.444 bits per heavy atom. The molecule has 6 aromatic rings. The standard InChI is InChI=1S/3C6H6N4.H2O4S.Zn/c3*1-2-8-5(7-1)6-9-3-4-10-6;1-5(2,3)4;/h3*1-4H,(H,7,8)(H,9,10);(H2,1,2,3,4);/q;;;;+2/p-2. The van der Waals surface area contributed by atoms with Crippen LogP contribution in [0.3, 0.4) is 0 Å². The zero-order chi connectivity index (χ0) is 24.9. The van der Waals surface area contributed by atoms with Gasteiger partial charge in [-0.05, 0) is 0 Å². The molecule has 6 N–H and O–H groups in total. The van der Waals surface area contributed by atoms with Crippen LogP contribution in [0.2, 0.25) is 0 Å². The van der Waals surface area contributed by atoms with E-state index in [4.69, 9.17) is 17.5 Å². The van der Waals surface area contributed by atoms with Crippen molar-refractivity contribution >= 4 is 10.4 Å². The molecule has 0 aliphatic carbocycles. The number of hydrogen-bond donors (Lipinski definition) is 6. The minimum absolute atomic E-state index is 0. The summed E-state index contributed by atoms with van der Waals surface area (Å²) >= 11 is 0. The minimum atomic E-state index is -5.17. The number of H-pyrrole nitrogens is 6. The molecule has 0 amide bonds. The van der Waals surface area contributed by atoms with E-state index in [0.29, 0.717) is 0 Å². The SMILES string of the molecule is O=S(=O)([O-])[O-].[Zn+2].c1c[nH]c(-c2ncc[nH]2)n1.c1c[nH]c(-c2ncc[nH]2)n1.c1c[nH]c(-c2ncc[nH]2)n1. The van der Waals surface area contributed by atoms with Crippen molar-refractivity contribution in [1.29, 1.82) is 0 Å². The molecule has 182 valence electrons. The summed E-state index contributed by atoms with van der Waals surface area (Å²) in [5.41, 5.74) is 0. The van der Waals surface area contributed by atoms with E-state index < -0.39 is 10.4 Å². The maximum atomic E-state index is 8.52. The molecule has 0 aromatic carbocycles. The number of nitrogens with zero attached hydrogens (tertiary/aromatic N) is 6. The Balaban J connectivity index is 0.000000172. The normalized spacial score (nSPS) is 9.94. The predicted molar refractivity (Wildman–Crippen MR) is 119 cm³/mol. The van der Waals surface area contributed by atoms with Crippen molar-refractivity contribution in [3.8, 4) is 34.9 Å². The third kappa shape index (κ3) is 9.94. The van der Waals surface area contributed by atoms with Crippen molar-refractivity contribution < 1.29 is 37.0 Å². The van der Waals surface area contributed by atoms with Crippen LogP contribution in [0.1, 0.15) is 0 Å². The molecular formula is C18H18N12O4SZn. The summed E-state index contributed by atoms with van der Waals surface area (Å²) in [5.74, 6) is 4.61. The van der Waals surface area contributed by atoms with E-state index in [1.165, 1.54) is 0 Å². The number of aromatic nitrogens is 12. The monoisotopic (exact) mass is 562 g/mol. The van der Waals surface area contributed by atoms with Crippen molar-refractivity contribution in [1.82, 2.24) is 59.8 Å². The van der Waals surface area contributed by atoms with Crippen LogP contribution in [0.15, 0.2) is 74.4 Å². The predicted octanol–water partition coefficient (Wildman–Crippen LogP) is 1.06. The van der Waals surface area contributed by atoms with Gasteiger partial charge >= 0.3 is 19.5 Å².